The number of carbonyl (C=O) groups excluding carboxylic acids is 1. The SMILES string of the molecule is NS(=O)(=O)CC1CCN(C(=O)N[C@@H]2[C@@H]3Cc4ccccc4[C@H]32)CC1. The Kier molecular flexibility index (Phi) is 3.80. The first-order valence-corrected chi connectivity index (χ1v) is 10.3. The van der Waals surface area contributed by atoms with Gasteiger partial charge in [0.2, 0.25) is 10.0 Å². The van der Waals surface area contributed by atoms with E-state index < -0.39 is 10.0 Å². The van der Waals surface area contributed by atoms with Gasteiger partial charge in [0.15, 0.2) is 0 Å². The number of piperidine rings is 1. The first kappa shape index (κ1) is 15.9. The van der Waals surface area contributed by atoms with Gasteiger partial charge in [0, 0.05) is 25.0 Å². The van der Waals surface area contributed by atoms with Crippen LogP contribution in [0.5, 0.6) is 0 Å². The number of likely N-dealkylation sites (tertiary alicyclic amines) is 1. The predicted molar refractivity (Wildman–Crippen MR) is 91.0 cm³/mol. The maximum atomic E-state index is 12.5. The molecule has 2 aliphatic carbocycles. The van der Waals surface area contributed by atoms with Crippen LogP contribution in [-0.2, 0) is 16.4 Å². The smallest absolute Gasteiger partial charge is 0.317 e. The van der Waals surface area contributed by atoms with Crippen molar-refractivity contribution in [2.75, 3.05) is 18.8 Å². The van der Waals surface area contributed by atoms with Gasteiger partial charge < -0.3 is 10.2 Å². The van der Waals surface area contributed by atoms with Gasteiger partial charge in [0.05, 0.1) is 5.75 Å². The van der Waals surface area contributed by atoms with Crippen LogP contribution in [0.15, 0.2) is 24.3 Å². The van der Waals surface area contributed by atoms with Crippen LogP contribution in [0.1, 0.15) is 29.9 Å². The van der Waals surface area contributed by atoms with Gasteiger partial charge in [-0.25, -0.2) is 18.4 Å². The zero-order valence-electron chi connectivity index (χ0n) is 13.5. The number of sulfonamides is 1. The van der Waals surface area contributed by atoms with Crippen LogP contribution in [0, 0.1) is 11.8 Å². The Morgan fingerprint density at radius 3 is 2.67 bits per heavy atom. The van der Waals surface area contributed by atoms with E-state index in [2.05, 4.69) is 29.6 Å². The molecule has 4 rings (SSSR count). The van der Waals surface area contributed by atoms with Gasteiger partial charge in [0.1, 0.15) is 0 Å². The number of fused-ring (bicyclic) bond motifs is 3. The quantitative estimate of drug-likeness (QED) is 0.854. The Morgan fingerprint density at radius 2 is 1.96 bits per heavy atom. The molecular formula is C17H23N3O3S. The molecule has 6 nitrogen and oxygen atoms in total. The lowest BCUT2D eigenvalue weighted by Gasteiger charge is -2.31. The van der Waals surface area contributed by atoms with Crippen LogP contribution >= 0.6 is 0 Å². The van der Waals surface area contributed by atoms with E-state index in [4.69, 9.17) is 5.14 Å². The number of nitrogens with zero attached hydrogens (tertiary/aromatic N) is 1. The van der Waals surface area contributed by atoms with Crippen molar-refractivity contribution in [2.24, 2.45) is 17.0 Å². The predicted octanol–water partition coefficient (Wildman–Crippen LogP) is 1.03. The summed E-state index contributed by atoms with van der Waals surface area (Å²) in [6.45, 7) is 1.20. The lowest BCUT2D eigenvalue weighted by Crippen LogP contribution is -2.46. The highest BCUT2D eigenvalue weighted by Crippen LogP contribution is 2.56. The first-order valence-electron chi connectivity index (χ1n) is 8.56. The van der Waals surface area contributed by atoms with Gasteiger partial charge in [-0.2, -0.15) is 0 Å². The van der Waals surface area contributed by atoms with E-state index >= 15 is 0 Å². The van der Waals surface area contributed by atoms with Crippen LogP contribution in [0.25, 0.3) is 0 Å². The van der Waals surface area contributed by atoms with Crippen molar-refractivity contribution in [1.29, 1.82) is 0 Å². The molecule has 2 amide bonds. The molecule has 1 saturated carbocycles. The van der Waals surface area contributed by atoms with Gasteiger partial charge in [-0.15, -0.1) is 0 Å². The summed E-state index contributed by atoms with van der Waals surface area (Å²) >= 11 is 0. The van der Waals surface area contributed by atoms with E-state index in [0.29, 0.717) is 37.8 Å². The third-order valence-corrected chi connectivity index (χ3v) is 6.63. The monoisotopic (exact) mass is 349 g/mol. The number of benzene rings is 1. The summed E-state index contributed by atoms with van der Waals surface area (Å²) in [5.41, 5.74) is 2.81. The molecule has 24 heavy (non-hydrogen) atoms. The van der Waals surface area contributed by atoms with Crippen molar-refractivity contribution in [3.63, 3.8) is 0 Å². The van der Waals surface area contributed by atoms with Gasteiger partial charge in [-0.05, 0) is 42.2 Å². The second kappa shape index (κ2) is 5.74. The lowest BCUT2D eigenvalue weighted by molar-refractivity contribution is 0.173. The molecule has 3 atom stereocenters. The highest BCUT2D eigenvalue weighted by molar-refractivity contribution is 7.89. The fourth-order valence-corrected chi connectivity index (χ4v) is 5.40. The number of carbonyl (C=O) groups is 1. The van der Waals surface area contributed by atoms with Gasteiger partial charge >= 0.3 is 6.03 Å². The van der Waals surface area contributed by atoms with Gasteiger partial charge in [-0.1, -0.05) is 24.3 Å². The van der Waals surface area contributed by atoms with E-state index in [1.165, 1.54) is 11.1 Å². The molecule has 0 unspecified atom stereocenters. The summed E-state index contributed by atoms with van der Waals surface area (Å²) < 4.78 is 22.3. The topological polar surface area (TPSA) is 92.5 Å². The van der Waals surface area contributed by atoms with E-state index in [1.807, 2.05) is 0 Å². The van der Waals surface area contributed by atoms with Crippen LogP contribution in [0.4, 0.5) is 4.79 Å². The standard InChI is InChI=1S/C17H23N3O3S/c18-24(22,23)10-11-5-7-20(8-6-11)17(21)19-16-14-9-12-3-1-2-4-13(12)15(14)16/h1-4,11,14-16H,5-10H2,(H,19,21)(H2,18,22,23)/t14-,15-,16-/m1/s1. The minimum Gasteiger partial charge on any atom is -0.334 e. The number of hydrogen-bond acceptors (Lipinski definition) is 3. The van der Waals surface area contributed by atoms with E-state index in [-0.39, 0.29) is 23.7 Å². The maximum Gasteiger partial charge on any atom is 0.317 e. The zero-order valence-corrected chi connectivity index (χ0v) is 14.3. The molecule has 0 spiro atoms. The minimum absolute atomic E-state index is 0.0130. The highest BCUT2D eigenvalue weighted by Gasteiger charge is 2.56. The Labute approximate surface area is 142 Å². The second-order valence-corrected chi connectivity index (χ2v) is 8.99. The molecule has 1 aromatic rings. The van der Waals surface area contributed by atoms with Crippen molar-refractivity contribution >= 4 is 16.1 Å². The van der Waals surface area contributed by atoms with E-state index in [9.17, 15) is 13.2 Å². The molecular weight excluding hydrogens is 326 g/mol. The van der Waals surface area contributed by atoms with Crippen LogP contribution in [-0.4, -0.2) is 44.2 Å². The minimum atomic E-state index is -3.43. The molecule has 1 saturated heterocycles. The van der Waals surface area contributed by atoms with Crippen LogP contribution in [0.3, 0.4) is 0 Å². The number of urea groups is 1. The number of hydrogen-bond donors (Lipinski definition) is 2. The van der Waals surface area contributed by atoms with Crippen molar-refractivity contribution in [2.45, 2.75) is 31.2 Å². The Hall–Kier alpha value is -1.60. The number of primary sulfonamides is 1. The summed E-state index contributed by atoms with van der Waals surface area (Å²) in [5, 5.41) is 8.28. The Bertz CT molecular complexity index is 756. The van der Waals surface area contributed by atoms with Crippen molar-refractivity contribution in [1.82, 2.24) is 10.2 Å². The molecule has 3 aliphatic rings. The molecule has 0 radical (unpaired) electrons. The number of rotatable bonds is 3. The molecule has 1 aliphatic heterocycles. The molecule has 2 fully saturated rings. The summed E-state index contributed by atoms with van der Waals surface area (Å²) in [5.74, 6) is 1.11. The second-order valence-electron chi connectivity index (χ2n) is 7.33. The summed E-state index contributed by atoms with van der Waals surface area (Å²) in [4.78, 5) is 14.3. The number of amides is 2. The molecule has 0 aromatic heterocycles. The summed E-state index contributed by atoms with van der Waals surface area (Å²) in [7, 11) is -3.43. The van der Waals surface area contributed by atoms with Crippen molar-refractivity contribution in [3.05, 3.63) is 35.4 Å². The van der Waals surface area contributed by atoms with Crippen LogP contribution in [0.2, 0.25) is 0 Å². The summed E-state index contributed by atoms with van der Waals surface area (Å²) in [6.07, 6.45) is 2.45. The Balaban J connectivity index is 1.29. The average Bonchev–Trinajstić information content (AvgIpc) is 3.03. The third-order valence-electron chi connectivity index (χ3n) is 5.70. The fourth-order valence-electron chi connectivity index (χ4n) is 4.41. The maximum absolute atomic E-state index is 12.5. The largest absolute Gasteiger partial charge is 0.334 e. The normalized spacial score (nSPS) is 29.0. The molecule has 0 bridgehead atoms. The van der Waals surface area contributed by atoms with E-state index in [1.54, 1.807) is 4.90 Å². The molecule has 1 aromatic carbocycles. The van der Waals surface area contributed by atoms with Gasteiger partial charge in [0.25, 0.3) is 0 Å². The third kappa shape index (κ3) is 3.02. The van der Waals surface area contributed by atoms with Gasteiger partial charge in [-0.3, -0.25) is 0 Å². The molecule has 7 heteroatoms. The number of nitrogens with one attached hydrogen (secondary N) is 1. The van der Waals surface area contributed by atoms with Crippen LogP contribution < -0.4 is 10.5 Å². The first-order chi connectivity index (χ1) is 11.4. The fraction of sp³-hybridized carbons (Fsp3) is 0.588. The van der Waals surface area contributed by atoms with Crippen molar-refractivity contribution < 1.29 is 13.2 Å². The average molecular weight is 349 g/mol. The molecule has 1 heterocycles. The van der Waals surface area contributed by atoms with E-state index in [0.717, 1.165) is 6.42 Å². The lowest BCUT2D eigenvalue weighted by atomic mass is 9.99. The zero-order chi connectivity index (χ0) is 16.9. The Morgan fingerprint density at radius 1 is 1.25 bits per heavy atom. The molecule has 130 valence electrons. The highest BCUT2D eigenvalue weighted by atomic mass is 32.2. The summed E-state index contributed by atoms with van der Waals surface area (Å²) in [6, 6.07) is 8.73. The van der Waals surface area contributed by atoms with Crippen molar-refractivity contribution in [3.8, 4) is 0 Å². The number of nitrogens with two attached hydrogens (primary N) is 1. The molecule has 3 N–H and O–H groups in total.